The zero-order valence-electron chi connectivity index (χ0n) is 43.5. The van der Waals surface area contributed by atoms with Gasteiger partial charge in [-0.15, -0.1) is 0 Å². The van der Waals surface area contributed by atoms with Crippen molar-refractivity contribution in [1.82, 2.24) is 0 Å². The number of hydrogen-bond donors (Lipinski definition) is 1. The number of esters is 1. The number of phosphoric ester groups is 1. The summed E-state index contributed by atoms with van der Waals surface area (Å²) < 4.78 is 35.2. The van der Waals surface area contributed by atoms with E-state index in [1.807, 2.05) is 21.1 Å². The number of phosphoric acid groups is 1. The van der Waals surface area contributed by atoms with Gasteiger partial charge in [-0.2, -0.15) is 0 Å². The second-order valence-electron chi connectivity index (χ2n) is 19.6. The smallest absolute Gasteiger partial charge is 0.457 e. The summed E-state index contributed by atoms with van der Waals surface area (Å²) in [5.74, 6) is -0.317. The Morgan fingerprint density at radius 1 is 0.477 bits per heavy atom. The first-order chi connectivity index (χ1) is 31.6. The topological polar surface area (TPSA) is 91.3 Å². The number of allylic oxidation sites excluding steroid dienone is 8. The molecule has 0 radical (unpaired) electrons. The van der Waals surface area contributed by atoms with E-state index in [4.69, 9.17) is 18.5 Å². The number of nitrogens with zero attached hydrogens (tertiary/aromatic N) is 1. The monoisotopic (exact) mass is 937 g/mol. The standard InChI is InChI=1S/C56H106NO7P/c1-6-8-10-12-14-16-18-20-22-24-26-28-30-32-34-36-38-40-42-44-46-48-51-61-53-55(54-63-65(59,60)62-52-50-57(3,4)5)64-56(58)49-47-45-43-41-39-37-35-33-31-29-27-25-23-21-19-17-15-13-11-9-7-2/h18-21,24-27,55H,6-17,22-23,28-54H2,1-5H3/p+1/b20-18-,21-19-,26-24-,27-25-. The Morgan fingerprint density at radius 2 is 0.846 bits per heavy atom. The lowest BCUT2D eigenvalue weighted by atomic mass is 10.1. The average molecular weight is 937 g/mol. The maximum atomic E-state index is 12.8. The zero-order chi connectivity index (χ0) is 47.6. The van der Waals surface area contributed by atoms with Crippen LogP contribution in [0.3, 0.4) is 0 Å². The molecule has 1 N–H and O–H groups in total. The lowest BCUT2D eigenvalue weighted by Gasteiger charge is -2.24. The summed E-state index contributed by atoms with van der Waals surface area (Å²) in [6.07, 6.45) is 61.6. The van der Waals surface area contributed by atoms with Crippen LogP contribution in [0.15, 0.2) is 48.6 Å². The molecular formula is C56H107NO7P+. The Balaban J connectivity index is 4.12. The van der Waals surface area contributed by atoms with Crippen molar-refractivity contribution >= 4 is 13.8 Å². The fourth-order valence-corrected chi connectivity index (χ4v) is 8.36. The molecule has 0 bridgehead atoms. The molecule has 0 saturated heterocycles. The fourth-order valence-electron chi connectivity index (χ4n) is 7.61. The Bertz CT molecular complexity index is 1180. The van der Waals surface area contributed by atoms with Crippen molar-refractivity contribution in [2.24, 2.45) is 0 Å². The summed E-state index contributed by atoms with van der Waals surface area (Å²) >= 11 is 0. The van der Waals surface area contributed by atoms with Crippen LogP contribution in [-0.4, -0.2) is 75.6 Å². The summed E-state index contributed by atoms with van der Waals surface area (Å²) in [4.78, 5) is 23.0. The van der Waals surface area contributed by atoms with E-state index in [2.05, 4.69) is 62.5 Å². The number of carbonyl (C=O) groups is 1. The number of unbranched alkanes of at least 4 members (excludes halogenated alkanes) is 29. The van der Waals surface area contributed by atoms with Crippen molar-refractivity contribution in [2.45, 2.75) is 251 Å². The highest BCUT2D eigenvalue weighted by Gasteiger charge is 2.26. The Morgan fingerprint density at radius 3 is 1.25 bits per heavy atom. The van der Waals surface area contributed by atoms with Gasteiger partial charge in [-0.25, -0.2) is 4.57 Å². The molecule has 0 aliphatic heterocycles. The van der Waals surface area contributed by atoms with Gasteiger partial charge in [0.1, 0.15) is 19.3 Å². The minimum Gasteiger partial charge on any atom is -0.457 e. The van der Waals surface area contributed by atoms with Gasteiger partial charge in [0.15, 0.2) is 0 Å². The van der Waals surface area contributed by atoms with Crippen LogP contribution >= 0.6 is 7.82 Å². The van der Waals surface area contributed by atoms with Crippen LogP contribution in [0.2, 0.25) is 0 Å². The molecule has 0 spiro atoms. The third-order valence-corrected chi connectivity index (χ3v) is 12.8. The van der Waals surface area contributed by atoms with Crippen LogP contribution in [-0.2, 0) is 27.9 Å². The Hall–Kier alpha value is -1.54. The summed E-state index contributed by atoms with van der Waals surface area (Å²) in [6, 6.07) is 0. The quantitative estimate of drug-likeness (QED) is 0.0214. The number of quaternary nitrogens is 1. The molecule has 0 rings (SSSR count). The van der Waals surface area contributed by atoms with Crippen molar-refractivity contribution in [3.8, 4) is 0 Å². The van der Waals surface area contributed by atoms with E-state index in [-0.39, 0.29) is 25.8 Å². The van der Waals surface area contributed by atoms with Crippen molar-refractivity contribution < 1.29 is 37.3 Å². The van der Waals surface area contributed by atoms with Crippen LogP contribution in [0.25, 0.3) is 0 Å². The van der Waals surface area contributed by atoms with E-state index in [0.717, 1.165) is 44.9 Å². The Labute approximate surface area is 403 Å². The summed E-state index contributed by atoms with van der Waals surface area (Å²) in [6.45, 7) is 5.62. The fraction of sp³-hybridized carbons (Fsp3) is 0.839. The van der Waals surface area contributed by atoms with E-state index in [1.54, 1.807) is 0 Å². The highest BCUT2D eigenvalue weighted by Crippen LogP contribution is 2.43. The predicted molar refractivity (Wildman–Crippen MR) is 279 cm³/mol. The van der Waals surface area contributed by atoms with E-state index in [9.17, 15) is 14.3 Å². The highest BCUT2D eigenvalue weighted by molar-refractivity contribution is 7.47. The molecule has 0 aliphatic carbocycles. The molecular weight excluding hydrogens is 830 g/mol. The lowest BCUT2D eigenvalue weighted by Crippen LogP contribution is -2.37. The molecule has 0 fully saturated rings. The SMILES string of the molecule is CCCCCCC/C=C\C/C=C\CCCCCCCCCCCCOCC(COP(=O)(O)OCC[N+](C)(C)C)OC(=O)CCCCCCCCCCC/C=C\C/C=C\CCCCCCC. The summed E-state index contributed by atoms with van der Waals surface area (Å²) in [5.41, 5.74) is 0. The number of hydrogen-bond acceptors (Lipinski definition) is 6. The molecule has 2 atom stereocenters. The van der Waals surface area contributed by atoms with Crippen LogP contribution in [0, 0.1) is 0 Å². The van der Waals surface area contributed by atoms with Gasteiger partial charge in [0.05, 0.1) is 34.4 Å². The molecule has 2 unspecified atom stereocenters. The first kappa shape index (κ1) is 63.5. The lowest BCUT2D eigenvalue weighted by molar-refractivity contribution is -0.870. The van der Waals surface area contributed by atoms with Gasteiger partial charge in [0.2, 0.25) is 0 Å². The number of carbonyl (C=O) groups excluding carboxylic acids is 1. The number of rotatable bonds is 51. The maximum Gasteiger partial charge on any atom is 0.472 e. The third kappa shape index (κ3) is 53.3. The van der Waals surface area contributed by atoms with Gasteiger partial charge in [-0.05, 0) is 77.0 Å². The highest BCUT2D eigenvalue weighted by atomic mass is 31.2. The third-order valence-electron chi connectivity index (χ3n) is 11.9. The van der Waals surface area contributed by atoms with Gasteiger partial charge < -0.3 is 18.9 Å². The van der Waals surface area contributed by atoms with E-state index in [1.165, 1.54) is 180 Å². The summed E-state index contributed by atoms with van der Waals surface area (Å²) in [7, 11) is 1.67. The molecule has 0 aromatic carbocycles. The number of likely N-dealkylation sites (N-methyl/N-ethyl adjacent to an activating group) is 1. The van der Waals surface area contributed by atoms with E-state index >= 15 is 0 Å². The molecule has 65 heavy (non-hydrogen) atoms. The van der Waals surface area contributed by atoms with Crippen molar-refractivity contribution in [3.63, 3.8) is 0 Å². The molecule has 0 amide bonds. The van der Waals surface area contributed by atoms with Crippen molar-refractivity contribution in [2.75, 3.05) is 54.1 Å². The zero-order valence-corrected chi connectivity index (χ0v) is 44.4. The number of ether oxygens (including phenoxy) is 2. The average Bonchev–Trinajstić information content (AvgIpc) is 3.27. The second-order valence-corrected chi connectivity index (χ2v) is 21.1. The van der Waals surface area contributed by atoms with Gasteiger partial charge in [-0.3, -0.25) is 13.8 Å². The van der Waals surface area contributed by atoms with Crippen molar-refractivity contribution in [3.05, 3.63) is 48.6 Å². The Kier molecular flexibility index (Phi) is 47.7. The van der Waals surface area contributed by atoms with Gasteiger partial charge in [0.25, 0.3) is 0 Å². The maximum absolute atomic E-state index is 12.8. The molecule has 0 aromatic heterocycles. The molecule has 8 nitrogen and oxygen atoms in total. The normalized spacial score (nSPS) is 13.9. The first-order valence-electron chi connectivity index (χ1n) is 27.4. The van der Waals surface area contributed by atoms with Crippen LogP contribution in [0.1, 0.15) is 245 Å². The molecule has 0 aliphatic rings. The van der Waals surface area contributed by atoms with Crippen molar-refractivity contribution in [1.29, 1.82) is 0 Å². The van der Waals surface area contributed by atoms with Crippen LogP contribution < -0.4 is 0 Å². The van der Waals surface area contributed by atoms with Crippen LogP contribution in [0.5, 0.6) is 0 Å². The molecule has 0 heterocycles. The molecule has 0 aromatic rings. The van der Waals surface area contributed by atoms with Crippen LogP contribution in [0.4, 0.5) is 0 Å². The molecule has 0 saturated carbocycles. The minimum absolute atomic E-state index is 0.0864. The molecule has 382 valence electrons. The first-order valence-corrected chi connectivity index (χ1v) is 28.9. The molecule has 9 heteroatoms. The van der Waals surface area contributed by atoms with Gasteiger partial charge in [0, 0.05) is 13.0 Å². The van der Waals surface area contributed by atoms with Gasteiger partial charge >= 0.3 is 13.8 Å². The summed E-state index contributed by atoms with van der Waals surface area (Å²) in [5, 5.41) is 0. The minimum atomic E-state index is -4.29. The van der Waals surface area contributed by atoms with E-state index < -0.39 is 13.9 Å². The predicted octanol–water partition coefficient (Wildman–Crippen LogP) is 17.1. The second kappa shape index (κ2) is 48.9. The largest absolute Gasteiger partial charge is 0.472 e. The van der Waals surface area contributed by atoms with Gasteiger partial charge in [-0.1, -0.05) is 210 Å². The van der Waals surface area contributed by atoms with E-state index in [0.29, 0.717) is 24.1 Å².